The topological polar surface area (TPSA) is 72.8 Å². The first-order valence-corrected chi connectivity index (χ1v) is 10.7. The number of hydrogen-bond donors (Lipinski definition) is 0. The summed E-state index contributed by atoms with van der Waals surface area (Å²) in [5.74, 6) is 0.375. The van der Waals surface area contributed by atoms with E-state index in [1.54, 1.807) is 60.9 Å². The minimum absolute atomic E-state index is 0.0140. The van der Waals surface area contributed by atoms with E-state index in [1.165, 1.54) is 18.3 Å². The number of sulfone groups is 1. The standard InChI is InChI=1S/C21H13Cl2N3O2S/c22-17-7-6-15(12-18(17)23)20-19(29(27,28)16-4-2-1-3-5-16)13-25-21(26-20)14-8-10-24-11-9-14/h1-13H. The lowest BCUT2D eigenvalue weighted by molar-refractivity contribution is 0.595. The van der Waals surface area contributed by atoms with Crippen molar-refractivity contribution in [1.82, 2.24) is 15.0 Å². The molecule has 0 atom stereocenters. The summed E-state index contributed by atoms with van der Waals surface area (Å²) in [5, 5.41) is 0.669. The van der Waals surface area contributed by atoms with Crippen molar-refractivity contribution in [3.63, 3.8) is 0 Å². The van der Waals surface area contributed by atoms with Crippen LogP contribution in [0.4, 0.5) is 0 Å². The number of aromatic nitrogens is 3. The molecule has 8 heteroatoms. The van der Waals surface area contributed by atoms with E-state index in [2.05, 4.69) is 15.0 Å². The minimum Gasteiger partial charge on any atom is -0.265 e. The summed E-state index contributed by atoms with van der Waals surface area (Å²) >= 11 is 12.2. The van der Waals surface area contributed by atoms with Gasteiger partial charge in [-0.05, 0) is 36.4 Å². The predicted molar refractivity (Wildman–Crippen MR) is 113 cm³/mol. The van der Waals surface area contributed by atoms with Gasteiger partial charge >= 0.3 is 0 Å². The monoisotopic (exact) mass is 441 g/mol. The molecule has 2 heterocycles. The molecule has 2 aromatic carbocycles. The fraction of sp³-hybridized carbons (Fsp3) is 0. The summed E-state index contributed by atoms with van der Waals surface area (Å²) in [6, 6.07) is 16.5. The molecule has 5 nitrogen and oxygen atoms in total. The Balaban J connectivity index is 1.97. The molecule has 4 rings (SSSR count). The molecular formula is C21H13Cl2N3O2S. The van der Waals surface area contributed by atoms with Gasteiger partial charge in [0.2, 0.25) is 9.84 Å². The van der Waals surface area contributed by atoms with Crippen molar-refractivity contribution in [2.24, 2.45) is 0 Å². The Morgan fingerprint density at radius 1 is 0.793 bits per heavy atom. The molecule has 0 bridgehead atoms. The second-order valence-electron chi connectivity index (χ2n) is 6.09. The Morgan fingerprint density at radius 3 is 2.21 bits per heavy atom. The van der Waals surface area contributed by atoms with Gasteiger partial charge in [0.15, 0.2) is 5.82 Å². The van der Waals surface area contributed by atoms with Crippen molar-refractivity contribution in [2.45, 2.75) is 9.79 Å². The highest BCUT2D eigenvalue weighted by Gasteiger charge is 2.25. The molecule has 0 saturated heterocycles. The first-order valence-electron chi connectivity index (χ1n) is 8.50. The van der Waals surface area contributed by atoms with Crippen molar-refractivity contribution in [3.05, 3.63) is 89.3 Å². The summed E-state index contributed by atoms with van der Waals surface area (Å²) in [7, 11) is -3.85. The third-order valence-corrected chi connectivity index (χ3v) is 6.74. The van der Waals surface area contributed by atoms with Crippen LogP contribution < -0.4 is 0 Å². The van der Waals surface area contributed by atoms with E-state index < -0.39 is 9.84 Å². The molecule has 0 aliphatic heterocycles. The number of halogens is 2. The van der Waals surface area contributed by atoms with Gasteiger partial charge in [-0.1, -0.05) is 47.5 Å². The van der Waals surface area contributed by atoms with Crippen molar-refractivity contribution in [3.8, 4) is 22.6 Å². The zero-order chi connectivity index (χ0) is 20.4. The zero-order valence-corrected chi connectivity index (χ0v) is 17.2. The molecule has 2 aromatic heterocycles. The van der Waals surface area contributed by atoms with Gasteiger partial charge < -0.3 is 0 Å². The van der Waals surface area contributed by atoms with Gasteiger partial charge in [0.1, 0.15) is 4.90 Å². The first kappa shape index (κ1) is 19.5. The van der Waals surface area contributed by atoms with Crippen molar-refractivity contribution in [1.29, 1.82) is 0 Å². The van der Waals surface area contributed by atoms with Gasteiger partial charge in [0.05, 0.1) is 26.8 Å². The van der Waals surface area contributed by atoms with E-state index in [0.29, 0.717) is 27.0 Å². The summed E-state index contributed by atoms with van der Waals surface area (Å²) in [4.78, 5) is 13.0. The van der Waals surface area contributed by atoms with Crippen molar-refractivity contribution < 1.29 is 8.42 Å². The van der Waals surface area contributed by atoms with E-state index in [4.69, 9.17) is 23.2 Å². The summed E-state index contributed by atoms with van der Waals surface area (Å²) in [6.45, 7) is 0. The molecule has 0 unspecified atom stereocenters. The molecule has 0 aliphatic carbocycles. The Labute approximate surface area is 177 Å². The van der Waals surface area contributed by atoms with Gasteiger partial charge in [-0.15, -0.1) is 0 Å². The maximum absolute atomic E-state index is 13.3. The molecule has 0 spiro atoms. The van der Waals surface area contributed by atoms with E-state index in [1.807, 2.05) is 0 Å². The Kier molecular flexibility index (Phi) is 5.32. The number of pyridine rings is 1. The third-order valence-electron chi connectivity index (χ3n) is 4.23. The van der Waals surface area contributed by atoms with Crippen LogP contribution in [0.25, 0.3) is 22.6 Å². The number of nitrogens with zero attached hydrogens (tertiary/aromatic N) is 3. The van der Waals surface area contributed by atoms with E-state index >= 15 is 0 Å². The molecule has 144 valence electrons. The van der Waals surface area contributed by atoms with E-state index in [0.717, 1.165) is 0 Å². The largest absolute Gasteiger partial charge is 0.265 e. The lowest BCUT2D eigenvalue weighted by Gasteiger charge is -2.12. The molecule has 0 radical (unpaired) electrons. The van der Waals surface area contributed by atoms with Crippen molar-refractivity contribution >= 4 is 33.0 Å². The quantitative estimate of drug-likeness (QED) is 0.426. The normalized spacial score (nSPS) is 11.4. The molecule has 0 aliphatic rings. The second kappa shape index (κ2) is 7.91. The Morgan fingerprint density at radius 2 is 1.52 bits per heavy atom. The molecule has 0 fully saturated rings. The molecule has 29 heavy (non-hydrogen) atoms. The fourth-order valence-corrected chi connectivity index (χ4v) is 4.46. The smallest absolute Gasteiger partial charge is 0.210 e. The molecule has 0 N–H and O–H groups in total. The van der Waals surface area contributed by atoms with Crippen LogP contribution in [0.15, 0.2) is 89.0 Å². The van der Waals surface area contributed by atoms with Crippen LogP contribution in [0.5, 0.6) is 0 Å². The Bertz CT molecular complexity index is 1280. The lowest BCUT2D eigenvalue weighted by atomic mass is 10.1. The second-order valence-corrected chi connectivity index (χ2v) is 8.82. The van der Waals surface area contributed by atoms with Crippen LogP contribution in [-0.2, 0) is 9.84 Å². The zero-order valence-electron chi connectivity index (χ0n) is 14.8. The van der Waals surface area contributed by atoms with Crippen LogP contribution in [0, 0.1) is 0 Å². The van der Waals surface area contributed by atoms with E-state index in [-0.39, 0.29) is 15.5 Å². The van der Waals surface area contributed by atoms with Crippen LogP contribution in [0.1, 0.15) is 0 Å². The van der Waals surface area contributed by atoms with Gasteiger partial charge in [-0.25, -0.2) is 18.4 Å². The predicted octanol–water partition coefficient (Wildman–Crippen LogP) is 5.35. The van der Waals surface area contributed by atoms with Gasteiger partial charge in [0.25, 0.3) is 0 Å². The molecular weight excluding hydrogens is 429 g/mol. The van der Waals surface area contributed by atoms with Crippen LogP contribution >= 0.6 is 23.2 Å². The lowest BCUT2D eigenvalue weighted by Crippen LogP contribution is -2.07. The van der Waals surface area contributed by atoms with Gasteiger partial charge in [0, 0.05) is 23.5 Å². The minimum atomic E-state index is -3.85. The maximum atomic E-state index is 13.3. The maximum Gasteiger partial charge on any atom is 0.210 e. The van der Waals surface area contributed by atoms with Crippen LogP contribution in [0.3, 0.4) is 0 Å². The average molecular weight is 442 g/mol. The highest BCUT2D eigenvalue weighted by atomic mass is 35.5. The SMILES string of the molecule is O=S(=O)(c1ccccc1)c1cnc(-c2ccncc2)nc1-c1ccc(Cl)c(Cl)c1. The first-order chi connectivity index (χ1) is 14.0. The van der Waals surface area contributed by atoms with Gasteiger partial charge in [-0.3, -0.25) is 4.98 Å². The fourth-order valence-electron chi connectivity index (χ4n) is 2.78. The molecule has 0 amide bonds. The average Bonchev–Trinajstić information content (AvgIpc) is 2.76. The van der Waals surface area contributed by atoms with Crippen LogP contribution in [0.2, 0.25) is 10.0 Å². The van der Waals surface area contributed by atoms with Crippen molar-refractivity contribution in [2.75, 3.05) is 0 Å². The summed E-state index contributed by atoms with van der Waals surface area (Å²) in [6.07, 6.45) is 4.56. The number of rotatable bonds is 4. The molecule has 0 saturated carbocycles. The third kappa shape index (κ3) is 3.87. The summed E-state index contributed by atoms with van der Waals surface area (Å²) < 4.78 is 26.6. The van der Waals surface area contributed by atoms with Crippen LogP contribution in [-0.4, -0.2) is 23.4 Å². The van der Waals surface area contributed by atoms with Gasteiger partial charge in [-0.2, -0.15) is 0 Å². The summed E-state index contributed by atoms with van der Waals surface area (Å²) in [5.41, 5.74) is 1.48. The molecule has 4 aromatic rings. The van der Waals surface area contributed by atoms with E-state index in [9.17, 15) is 8.42 Å². The highest BCUT2D eigenvalue weighted by Crippen LogP contribution is 2.34. The Hall–Kier alpha value is -2.80. The highest BCUT2D eigenvalue weighted by molar-refractivity contribution is 7.91. The number of hydrogen-bond acceptors (Lipinski definition) is 5. The number of benzene rings is 2.